The van der Waals surface area contributed by atoms with E-state index in [4.69, 9.17) is 10.5 Å². The summed E-state index contributed by atoms with van der Waals surface area (Å²) in [7, 11) is 0. The summed E-state index contributed by atoms with van der Waals surface area (Å²) in [6.07, 6.45) is 6.19. The number of hydrogen-bond donors (Lipinski definition) is 1. The second-order valence-corrected chi connectivity index (χ2v) is 5.16. The number of nitrogens with zero attached hydrogens (tertiary/aromatic N) is 1. The highest BCUT2D eigenvalue weighted by Gasteiger charge is 2.43. The van der Waals surface area contributed by atoms with Gasteiger partial charge in [-0.15, -0.1) is 0 Å². The van der Waals surface area contributed by atoms with E-state index in [2.05, 4.69) is 25.7 Å². The van der Waals surface area contributed by atoms with E-state index in [1.54, 1.807) is 0 Å². The highest BCUT2D eigenvalue weighted by atomic mass is 16.5. The predicted octanol–water partition coefficient (Wildman–Crippen LogP) is 2.39. The lowest BCUT2D eigenvalue weighted by molar-refractivity contribution is 0.0269. The third-order valence-electron chi connectivity index (χ3n) is 4.20. The van der Waals surface area contributed by atoms with Crippen LogP contribution in [0.5, 0.6) is 0 Å². The zero-order valence-corrected chi connectivity index (χ0v) is 11.9. The van der Waals surface area contributed by atoms with Crippen LogP contribution in [0.25, 0.3) is 0 Å². The van der Waals surface area contributed by atoms with Gasteiger partial charge in [0.1, 0.15) is 0 Å². The molecule has 102 valence electrons. The van der Waals surface area contributed by atoms with Gasteiger partial charge in [-0.05, 0) is 32.4 Å². The van der Waals surface area contributed by atoms with Crippen molar-refractivity contribution in [1.82, 2.24) is 4.90 Å². The number of nitrogens with two attached hydrogens (primary N) is 1. The van der Waals surface area contributed by atoms with Crippen molar-refractivity contribution in [3.63, 3.8) is 0 Å². The van der Waals surface area contributed by atoms with Crippen LogP contribution in [0.15, 0.2) is 0 Å². The molecule has 2 N–H and O–H groups in total. The van der Waals surface area contributed by atoms with Gasteiger partial charge in [0.15, 0.2) is 0 Å². The van der Waals surface area contributed by atoms with Crippen LogP contribution in [0.2, 0.25) is 0 Å². The van der Waals surface area contributed by atoms with E-state index >= 15 is 0 Å². The van der Waals surface area contributed by atoms with Crippen molar-refractivity contribution in [2.24, 2.45) is 5.73 Å². The summed E-state index contributed by atoms with van der Waals surface area (Å²) in [6.45, 7) is 10.4. The minimum Gasteiger partial charge on any atom is -0.380 e. The van der Waals surface area contributed by atoms with Crippen molar-refractivity contribution >= 4 is 0 Å². The van der Waals surface area contributed by atoms with Gasteiger partial charge in [0, 0.05) is 18.2 Å². The van der Waals surface area contributed by atoms with E-state index in [1.165, 1.54) is 25.7 Å². The Kier molecular flexibility index (Phi) is 6.45. The minimum atomic E-state index is 0.163. The maximum Gasteiger partial charge on any atom is 0.0635 e. The quantitative estimate of drug-likeness (QED) is 0.664. The van der Waals surface area contributed by atoms with Crippen LogP contribution in [-0.4, -0.2) is 42.8 Å². The Labute approximate surface area is 107 Å². The summed E-state index contributed by atoms with van der Waals surface area (Å²) in [5.41, 5.74) is 6.65. The van der Waals surface area contributed by atoms with Gasteiger partial charge >= 0.3 is 0 Å². The maximum absolute atomic E-state index is 6.44. The SMILES string of the molecule is CCCOCC(N)C1(N(CC)CC)CCCC1. The molecule has 0 spiro atoms. The van der Waals surface area contributed by atoms with E-state index in [1.807, 2.05) is 0 Å². The fraction of sp³-hybridized carbons (Fsp3) is 1.00. The van der Waals surface area contributed by atoms with E-state index < -0.39 is 0 Å². The van der Waals surface area contributed by atoms with Crippen LogP contribution in [0.3, 0.4) is 0 Å². The first-order valence-corrected chi connectivity index (χ1v) is 7.29. The van der Waals surface area contributed by atoms with Crippen molar-refractivity contribution in [1.29, 1.82) is 0 Å². The molecular formula is C14H30N2O. The molecule has 0 aromatic rings. The monoisotopic (exact) mass is 242 g/mol. The van der Waals surface area contributed by atoms with Gasteiger partial charge in [0.2, 0.25) is 0 Å². The van der Waals surface area contributed by atoms with Crippen LogP contribution in [0, 0.1) is 0 Å². The Bertz CT molecular complexity index is 198. The van der Waals surface area contributed by atoms with Crippen LogP contribution in [0.4, 0.5) is 0 Å². The summed E-state index contributed by atoms with van der Waals surface area (Å²) < 4.78 is 5.67. The fourth-order valence-electron chi connectivity index (χ4n) is 3.27. The Balaban J connectivity index is 2.62. The molecule has 0 amide bonds. The molecule has 0 bridgehead atoms. The molecule has 0 aliphatic heterocycles. The molecule has 0 radical (unpaired) electrons. The topological polar surface area (TPSA) is 38.5 Å². The number of ether oxygens (including phenoxy) is 1. The summed E-state index contributed by atoms with van der Waals surface area (Å²) >= 11 is 0. The van der Waals surface area contributed by atoms with Crippen molar-refractivity contribution in [3.8, 4) is 0 Å². The van der Waals surface area contributed by atoms with E-state index in [0.29, 0.717) is 6.61 Å². The minimum absolute atomic E-state index is 0.163. The third kappa shape index (κ3) is 3.43. The zero-order valence-electron chi connectivity index (χ0n) is 11.9. The lowest BCUT2D eigenvalue weighted by atomic mass is 9.86. The zero-order chi connectivity index (χ0) is 12.7. The standard InChI is InChI=1S/C14H30N2O/c1-4-11-17-12-13(15)14(9-7-8-10-14)16(5-2)6-3/h13H,4-12,15H2,1-3H3. The Morgan fingerprint density at radius 3 is 2.24 bits per heavy atom. The van der Waals surface area contributed by atoms with Crippen LogP contribution < -0.4 is 5.73 Å². The average Bonchev–Trinajstić information content (AvgIpc) is 2.81. The van der Waals surface area contributed by atoms with Gasteiger partial charge in [-0.3, -0.25) is 4.90 Å². The first kappa shape index (κ1) is 14.9. The van der Waals surface area contributed by atoms with Gasteiger partial charge in [-0.25, -0.2) is 0 Å². The number of hydrogen-bond acceptors (Lipinski definition) is 3. The normalized spacial score (nSPS) is 21.0. The molecule has 1 aliphatic rings. The molecule has 0 heterocycles. The largest absolute Gasteiger partial charge is 0.380 e. The maximum atomic E-state index is 6.44. The second-order valence-electron chi connectivity index (χ2n) is 5.16. The van der Waals surface area contributed by atoms with Crippen LogP contribution in [-0.2, 0) is 4.74 Å². The lowest BCUT2D eigenvalue weighted by Crippen LogP contribution is -2.60. The second kappa shape index (κ2) is 7.34. The summed E-state index contributed by atoms with van der Waals surface area (Å²) in [4.78, 5) is 2.56. The van der Waals surface area contributed by atoms with Crippen LogP contribution >= 0.6 is 0 Å². The molecule has 1 atom stereocenters. The van der Waals surface area contributed by atoms with E-state index in [9.17, 15) is 0 Å². The Morgan fingerprint density at radius 1 is 1.18 bits per heavy atom. The highest BCUT2D eigenvalue weighted by Crippen LogP contribution is 2.37. The van der Waals surface area contributed by atoms with Crippen molar-refractivity contribution in [2.75, 3.05) is 26.3 Å². The molecule has 0 saturated heterocycles. The molecule has 1 rings (SSSR count). The highest BCUT2D eigenvalue weighted by molar-refractivity contribution is 5.02. The Morgan fingerprint density at radius 2 is 1.76 bits per heavy atom. The fourth-order valence-corrected chi connectivity index (χ4v) is 3.27. The van der Waals surface area contributed by atoms with Gasteiger partial charge < -0.3 is 10.5 Å². The third-order valence-corrected chi connectivity index (χ3v) is 4.20. The molecular weight excluding hydrogens is 212 g/mol. The van der Waals surface area contributed by atoms with Crippen LogP contribution in [0.1, 0.15) is 52.9 Å². The number of likely N-dealkylation sites (N-methyl/N-ethyl adjacent to an activating group) is 1. The molecule has 0 aromatic carbocycles. The molecule has 1 saturated carbocycles. The molecule has 0 aromatic heterocycles. The summed E-state index contributed by atoms with van der Waals surface area (Å²) in [5, 5.41) is 0. The molecule has 1 aliphatic carbocycles. The van der Waals surface area contributed by atoms with E-state index in [-0.39, 0.29) is 11.6 Å². The molecule has 3 nitrogen and oxygen atoms in total. The van der Waals surface area contributed by atoms with Crippen molar-refractivity contribution in [2.45, 2.75) is 64.5 Å². The molecule has 3 heteroatoms. The first-order chi connectivity index (χ1) is 8.21. The lowest BCUT2D eigenvalue weighted by Gasteiger charge is -2.44. The van der Waals surface area contributed by atoms with Gasteiger partial charge in [0.05, 0.1) is 6.61 Å². The predicted molar refractivity (Wildman–Crippen MR) is 73.2 cm³/mol. The Hall–Kier alpha value is -0.120. The van der Waals surface area contributed by atoms with Crippen molar-refractivity contribution in [3.05, 3.63) is 0 Å². The summed E-state index contributed by atoms with van der Waals surface area (Å²) in [5.74, 6) is 0. The first-order valence-electron chi connectivity index (χ1n) is 7.29. The van der Waals surface area contributed by atoms with Crippen molar-refractivity contribution < 1.29 is 4.74 Å². The van der Waals surface area contributed by atoms with Gasteiger partial charge in [0.25, 0.3) is 0 Å². The average molecular weight is 242 g/mol. The van der Waals surface area contributed by atoms with Gasteiger partial charge in [-0.2, -0.15) is 0 Å². The smallest absolute Gasteiger partial charge is 0.0635 e. The number of rotatable bonds is 8. The summed E-state index contributed by atoms with van der Waals surface area (Å²) in [6, 6.07) is 0.163. The molecule has 1 unspecified atom stereocenters. The molecule has 1 fully saturated rings. The van der Waals surface area contributed by atoms with E-state index in [0.717, 1.165) is 26.1 Å². The molecule has 17 heavy (non-hydrogen) atoms. The van der Waals surface area contributed by atoms with Gasteiger partial charge in [-0.1, -0.05) is 33.6 Å².